The number of esters is 1. The molecular formula is C30H26N2O7S. The van der Waals surface area contributed by atoms with E-state index >= 15 is 0 Å². The molecule has 1 N–H and O–H groups in total. The van der Waals surface area contributed by atoms with Gasteiger partial charge < -0.3 is 19.0 Å². The third-order valence-corrected chi connectivity index (χ3v) is 7.56. The summed E-state index contributed by atoms with van der Waals surface area (Å²) in [6.07, 6.45) is 1.62. The summed E-state index contributed by atoms with van der Waals surface area (Å²) in [6, 6.07) is 14.7. The van der Waals surface area contributed by atoms with Crippen molar-refractivity contribution in [1.29, 1.82) is 0 Å². The topological polar surface area (TPSA) is 120 Å². The van der Waals surface area contributed by atoms with Gasteiger partial charge >= 0.3 is 11.9 Å². The van der Waals surface area contributed by atoms with E-state index in [1.165, 1.54) is 22.0 Å². The van der Waals surface area contributed by atoms with Gasteiger partial charge in [-0.3, -0.25) is 9.36 Å². The minimum atomic E-state index is -1.03. The fraction of sp³-hybridized carbons (Fsp3) is 0.200. The second-order valence-corrected chi connectivity index (χ2v) is 10.1. The number of carbonyl (C=O) groups is 2. The Morgan fingerprint density at radius 1 is 1.15 bits per heavy atom. The molecule has 1 aliphatic rings. The lowest BCUT2D eigenvalue weighted by Crippen LogP contribution is -2.39. The summed E-state index contributed by atoms with van der Waals surface area (Å²) < 4.78 is 18.6. The van der Waals surface area contributed by atoms with Gasteiger partial charge in [-0.2, -0.15) is 0 Å². The highest BCUT2D eigenvalue weighted by atomic mass is 32.1. The normalized spacial score (nSPS) is 15.0. The number of benzene rings is 2. The van der Waals surface area contributed by atoms with E-state index < -0.39 is 18.0 Å². The number of nitrogens with zero attached hydrogens (tertiary/aromatic N) is 2. The van der Waals surface area contributed by atoms with E-state index in [4.69, 9.17) is 13.9 Å². The fourth-order valence-corrected chi connectivity index (χ4v) is 5.67. The molecule has 1 atom stereocenters. The largest absolute Gasteiger partial charge is 0.497 e. The van der Waals surface area contributed by atoms with Crippen LogP contribution in [-0.2, 0) is 9.53 Å². The molecule has 5 rings (SSSR count). The zero-order chi connectivity index (χ0) is 28.6. The molecule has 0 unspecified atom stereocenters. The van der Waals surface area contributed by atoms with Gasteiger partial charge in [0.15, 0.2) is 4.80 Å². The zero-order valence-electron chi connectivity index (χ0n) is 22.3. The van der Waals surface area contributed by atoms with Gasteiger partial charge in [-0.05, 0) is 68.3 Å². The number of ether oxygens (including phenoxy) is 2. The molecule has 40 heavy (non-hydrogen) atoms. The Morgan fingerprint density at radius 3 is 2.67 bits per heavy atom. The predicted octanol–water partition coefficient (Wildman–Crippen LogP) is 4.07. The number of carboxylic acid groups (broad SMARTS) is 1. The lowest BCUT2D eigenvalue weighted by molar-refractivity contribution is -0.139. The lowest BCUT2D eigenvalue weighted by Gasteiger charge is -2.24. The molecule has 0 saturated carbocycles. The molecule has 9 nitrogen and oxygen atoms in total. The van der Waals surface area contributed by atoms with Crippen molar-refractivity contribution in [2.24, 2.45) is 4.99 Å². The van der Waals surface area contributed by atoms with Crippen molar-refractivity contribution < 1.29 is 28.6 Å². The van der Waals surface area contributed by atoms with Crippen molar-refractivity contribution in [2.75, 3.05) is 13.7 Å². The number of carboxylic acids is 1. The van der Waals surface area contributed by atoms with E-state index in [9.17, 15) is 19.5 Å². The summed E-state index contributed by atoms with van der Waals surface area (Å²) in [4.78, 5) is 43.3. The summed E-state index contributed by atoms with van der Waals surface area (Å²) in [5.74, 6) is -0.0884. The first-order chi connectivity index (χ1) is 19.2. The highest BCUT2D eigenvalue weighted by Gasteiger charge is 2.33. The lowest BCUT2D eigenvalue weighted by atomic mass is 9.95. The quantitative estimate of drug-likeness (QED) is 0.340. The molecule has 2 aromatic carbocycles. The summed E-state index contributed by atoms with van der Waals surface area (Å²) >= 11 is 1.18. The first kappa shape index (κ1) is 26.9. The molecule has 0 bridgehead atoms. The molecule has 0 fully saturated rings. The van der Waals surface area contributed by atoms with Crippen LogP contribution in [-0.4, -0.2) is 35.3 Å². The minimum Gasteiger partial charge on any atom is -0.497 e. The molecule has 0 saturated heterocycles. The van der Waals surface area contributed by atoms with Crippen LogP contribution < -0.4 is 19.6 Å². The molecule has 1 aliphatic heterocycles. The molecular weight excluding hydrogens is 532 g/mol. The number of thiazole rings is 1. The number of carbonyl (C=O) groups excluding carboxylic acids is 1. The highest BCUT2D eigenvalue weighted by molar-refractivity contribution is 7.07. The third-order valence-electron chi connectivity index (χ3n) is 6.58. The van der Waals surface area contributed by atoms with E-state index in [-0.39, 0.29) is 23.3 Å². The molecule has 0 spiro atoms. The maximum Gasteiger partial charge on any atom is 0.338 e. The van der Waals surface area contributed by atoms with Crippen LogP contribution in [0.1, 0.15) is 47.1 Å². The summed E-state index contributed by atoms with van der Waals surface area (Å²) in [6.45, 7) is 5.49. The van der Waals surface area contributed by atoms with Crippen molar-refractivity contribution in [3.05, 3.63) is 108 Å². The molecule has 3 heterocycles. The smallest absolute Gasteiger partial charge is 0.338 e. The van der Waals surface area contributed by atoms with Gasteiger partial charge in [-0.15, -0.1) is 0 Å². The Morgan fingerprint density at radius 2 is 1.95 bits per heavy atom. The highest BCUT2D eigenvalue weighted by Crippen LogP contribution is 2.32. The van der Waals surface area contributed by atoms with Gasteiger partial charge in [0.1, 0.15) is 17.3 Å². The Labute approximate surface area is 232 Å². The summed E-state index contributed by atoms with van der Waals surface area (Å²) in [5.41, 5.74) is 2.74. The number of aromatic carboxylic acids is 1. The molecule has 4 aromatic rings. The van der Waals surface area contributed by atoms with Crippen molar-refractivity contribution in [3.63, 3.8) is 0 Å². The number of aromatic nitrogens is 1. The second kappa shape index (κ2) is 10.8. The average Bonchev–Trinajstić information content (AvgIpc) is 3.52. The van der Waals surface area contributed by atoms with E-state index in [1.54, 1.807) is 69.5 Å². The van der Waals surface area contributed by atoms with Crippen LogP contribution >= 0.6 is 11.3 Å². The van der Waals surface area contributed by atoms with E-state index in [0.29, 0.717) is 43.4 Å². The number of hydrogen-bond donors (Lipinski definition) is 1. The van der Waals surface area contributed by atoms with Crippen LogP contribution in [0.5, 0.6) is 5.75 Å². The van der Waals surface area contributed by atoms with E-state index in [0.717, 1.165) is 5.56 Å². The number of methoxy groups -OCH3 is 1. The van der Waals surface area contributed by atoms with Crippen molar-refractivity contribution in [2.45, 2.75) is 26.8 Å². The molecule has 0 amide bonds. The average molecular weight is 559 g/mol. The number of allylic oxidation sites excluding steroid dienone is 1. The Hall–Kier alpha value is -4.70. The van der Waals surface area contributed by atoms with Crippen LogP contribution in [0.3, 0.4) is 0 Å². The Bertz CT molecular complexity index is 1860. The second-order valence-electron chi connectivity index (χ2n) is 9.12. The van der Waals surface area contributed by atoms with Gasteiger partial charge in [0.05, 0.1) is 41.1 Å². The van der Waals surface area contributed by atoms with Gasteiger partial charge in [0.25, 0.3) is 5.56 Å². The molecule has 0 radical (unpaired) electrons. The number of hydrogen-bond acceptors (Lipinski definition) is 8. The first-order valence-electron chi connectivity index (χ1n) is 12.5. The van der Waals surface area contributed by atoms with E-state index in [2.05, 4.69) is 4.99 Å². The number of furan rings is 1. The van der Waals surface area contributed by atoms with Crippen LogP contribution in [0.25, 0.3) is 17.4 Å². The van der Waals surface area contributed by atoms with Crippen LogP contribution in [0, 0.1) is 6.92 Å². The summed E-state index contributed by atoms with van der Waals surface area (Å²) in [5, 5.41) is 9.37. The fourth-order valence-electron chi connectivity index (χ4n) is 4.64. The molecule has 0 aliphatic carbocycles. The van der Waals surface area contributed by atoms with Gasteiger partial charge in [0, 0.05) is 11.6 Å². The predicted molar refractivity (Wildman–Crippen MR) is 149 cm³/mol. The SMILES string of the molecule is CCOC(=O)C1=C(C)N=c2s/c(=C\c3ccc(-c4cc(C(=O)O)ccc4C)o3)c(=O)n2[C@H]1c1cccc(OC)c1. The van der Waals surface area contributed by atoms with Gasteiger partial charge in [0.2, 0.25) is 0 Å². The number of aryl methyl sites for hydroxylation is 1. The zero-order valence-corrected chi connectivity index (χ0v) is 23.1. The molecule has 204 valence electrons. The van der Waals surface area contributed by atoms with Gasteiger partial charge in [-0.25, -0.2) is 14.6 Å². The Kier molecular flexibility index (Phi) is 7.27. The molecule has 10 heteroatoms. The minimum absolute atomic E-state index is 0.150. The Balaban J connectivity index is 1.64. The summed E-state index contributed by atoms with van der Waals surface area (Å²) in [7, 11) is 1.55. The van der Waals surface area contributed by atoms with Crippen molar-refractivity contribution in [3.8, 4) is 17.1 Å². The third kappa shape index (κ3) is 4.89. The number of rotatable bonds is 7. The molecule has 2 aromatic heterocycles. The standard InChI is InChI=1S/C30H26N2O7S/c1-5-38-29(36)25-17(3)31-30-32(26(25)18-7-6-8-20(13-18)37-4)27(33)24(40-30)15-21-11-12-23(39-21)22-14-19(28(34)35)10-9-16(22)2/h6-15,26H,5H2,1-4H3,(H,34,35)/b24-15-/t26-/m0/s1. The monoisotopic (exact) mass is 558 g/mol. The number of fused-ring (bicyclic) bond motifs is 1. The van der Waals surface area contributed by atoms with Crippen LogP contribution in [0.15, 0.2) is 80.1 Å². The van der Waals surface area contributed by atoms with Crippen molar-refractivity contribution in [1.82, 2.24) is 4.57 Å². The maximum atomic E-state index is 13.8. The van der Waals surface area contributed by atoms with Crippen molar-refractivity contribution >= 4 is 29.4 Å². The first-order valence-corrected chi connectivity index (χ1v) is 13.3. The van der Waals surface area contributed by atoms with E-state index in [1.807, 2.05) is 13.0 Å². The van der Waals surface area contributed by atoms with Crippen LogP contribution in [0.2, 0.25) is 0 Å². The van der Waals surface area contributed by atoms with Gasteiger partial charge in [-0.1, -0.05) is 29.5 Å². The van der Waals surface area contributed by atoms with Crippen LogP contribution in [0.4, 0.5) is 0 Å². The maximum absolute atomic E-state index is 13.8.